The molecule has 90 valence electrons. The summed E-state index contributed by atoms with van der Waals surface area (Å²) in [6, 6.07) is 4.54. The molecule has 1 heterocycles. The van der Waals surface area contributed by atoms with E-state index in [2.05, 4.69) is 10.3 Å². The summed E-state index contributed by atoms with van der Waals surface area (Å²) in [5.74, 6) is -0.364. The Labute approximate surface area is 103 Å². The fourth-order valence-electron chi connectivity index (χ4n) is 1.49. The number of nitrogens with zero attached hydrogens (tertiary/aromatic N) is 3. The lowest BCUT2D eigenvalue weighted by Gasteiger charge is -2.04. The molecular weight excluding hydrogens is 245 g/mol. The Bertz CT molecular complexity index is 495. The maximum absolute atomic E-state index is 13.5. The third-order valence-electron chi connectivity index (χ3n) is 2.34. The lowest BCUT2D eigenvalue weighted by atomic mass is 10.2. The summed E-state index contributed by atoms with van der Waals surface area (Å²) in [6.45, 7) is 0.239. The number of hydrogen-bond donors (Lipinski definition) is 1. The van der Waals surface area contributed by atoms with E-state index >= 15 is 0 Å². The molecule has 0 saturated heterocycles. The number of aliphatic hydroxyl groups is 1. The molecule has 1 aromatic carbocycles. The van der Waals surface area contributed by atoms with Crippen LogP contribution in [0.2, 0.25) is 5.02 Å². The van der Waals surface area contributed by atoms with Crippen LogP contribution in [0.3, 0.4) is 0 Å². The summed E-state index contributed by atoms with van der Waals surface area (Å²) in [6.07, 6.45) is 2.10. The second kappa shape index (κ2) is 5.25. The van der Waals surface area contributed by atoms with Crippen molar-refractivity contribution in [3.8, 4) is 0 Å². The highest BCUT2D eigenvalue weighted by Gasteiger charge is 2.09. The van der Waals surface area contributed by atoms with Crippen LogP contribution in [0.25, 0.3) is 0 Å². The number of rotatable bonds is 4. The Morgan fingerprint density at radius 1 is 1.41 bits per heavy atom. The monoisotopic (exact) mass is 255 g/mol. The minimum absolute atomic E-state index is 0.0130. The smallest absolute Gasteiger partial charge is 0.129 e. The first-order chi connectivity index (χ1) is 8.20. The Morgan fingerprint density at radius 2 is 2.24 bits per heavy atom. The second-order valence-corrected chi connectivity index (χ2v) is 3.99. The Kier molecular flexibility index (Phi) is 3.71. The third-order valence-corrected chi connectivity index (χ3v) is 2.69. The van der Waals surface area contributed by atoms with Crippen molar-refractivity contribution in [2.24, 2.45) is 0 Å². The van der Waals surface area contributed by atoms with E-state index in [0.29, 0.717) is 22.7 Å². The van der Waals surface area contributed by atoms with Crippen LogP contribution in [0.15, 0.2) is 24.4 Å². The van der Waals surface area contributed by atoms with Gasteiger partial charge < -0.3 is 5.11 Å². The van der Waals surface area contributed by atoms with Gasteiger partial charge in [0.2, 0.25) is 0 Å². The molecule has 4 nitrogen and oxygen atoms in total. The van der Waals surface area contributed by atoms with E-state index in [4.69, 9.17) is 16.7 Å². The Balaban J connectivity index is 2.19. The van der Waals surface area contributed by atoms with Crippen LogP contribution in [0.1, 0.15) is 11.3 Å². The van der Waals surface area contributed by atoms with Gasteiger partial charge in [-0.05, 0) is 12.1 Å². The summed E-state index contributed by atoms with van der Waals surface area (Å²) < 4.78 is 15.0. The third kappa shape index (κ3) is 2.81. The molecule has 6 heteroatoms. The molecule has 2 aromatic rings. The van der Waals surface area contributed by atoms with E-state index in [9.17, 15) is 4.39 Å². The molecule has 0 atom stereocenters. The molecule has 0 aliphatic rings. The highest BCUT2D eigenvalue weighted by Crippen LogP contribution is 2.19. The Morgan fingerprint density at radius 3 is 2.94 bits per heavy atom. The zero-order chi connectivity index (χ0) is 12.3. The summed E-state index contributed by atoms with van der Waals surface area (Å²) >= 11 is 5.91. The fourth-order valence-corrected chi connectivity index (χ4v) is 1.71. The topological polar surface area (TPSA) is 50.9 Å². The van der Waals surface area contributed by atoms with E-state index in [0.717, 1.165) is 0 Å². The maximum atomic E-state index is 13.5. The van der Waals surface area contributed by atoms with E-state index in [-0.39, 0.29) is 19.0 Å². The van der Waals surface area contributed by atoms with Crippen molar-refractivity contribution < 1.29 is 9.50 Å². The van der Waals surface area contributed by atoms with Gasteiger partial charge >= 0.3 is 0 Å². The van der Waals surface area contributed by atoms with Crippen LogP contribution in [0.4, 0.5) is 4.39 Å². The van der Waals surface area contributed by atoms with E-state index < -0.39 is 0 Å². The van der Waals surface area contributed by atoms with Crippen LogP contribution in [-0.4, -0.2) is 26.7 Å². The average molecular weight is 256 g/mol. The van der Waals surface area contributed by atoms with Gasteiger partial charge in [-0.1, -0.05) is 22.9 Å². The molecule has 0 aliphatic heterocycles. The molecule has 0 unspecified atom stereocenters. The average Bonchev–Trinajstić information content (AvgIpc) is 2.72. The molecule has 0 fully saturated rings. The van der Waals surface area contributed by atoms with Gasteiger partial charge in [-0.2, -0.15) is 0 Å². The van der Waals surface area contributed by atoms with Crippen LogP contribution in [0, 0.1) is 5.82 Å². The SMILES string of the molecule is OCCc1cn(Cc2c(F)cccc2Cl)nn1. The largest absolute Gasteiger partial charge is 0.396 e. The molecule has 17 heavy (non-hydrogen) atoms. The summed E-state index contributed by atoms with van der Waals surface area (Å²) in [5.41, 5.74) is 1.05. The van der Waals surface area contributed by atoms with Crippen molar-refractivity contribution in [3.63, 3.8) is 0 Å². The van der Waals surface area contributed by atoms with E-state index in [1.807, 2.05) is 0 Å². The van der Waals surface area contributed by atoms with Gasteiger partial charge in [0.1, 0.15) is 5.82 Å². The van der Waals surface area contributed by atoms with Gasteiger partial charge in [-0.3, -0.25) is 0 Å². The molecule has 0 amide bonds. The molecule has 0 spiro atoms. The first kappa shape index (κ1) is 12.0. The fraction of sp³-hybridized carbons (Fsp3) is 0.273. The molecule has 0 bridgehead atoms. The first-order valence-corrected chi connectivity index (χ1v) is 5.51. The molecule has 0 saturated carbocycles. The predicted molar refractivity (Wildman–Crippen MR) is 61.3 cm³/mol. The van der Waals surface area contributed by atoms with Crippen LogP contribution < -0.4 is 0 Å². The number of aliphatic hydroxyl groups excluding tert-OH is 1. The van der Waals surface area contributed by atoms with Crippen molar-refractivity contribution in [1.82, 2.24) is 15.0 Å². The number of hydrogen-bond acceptors (Lipinski definition) is 3. The van der Waals surface area contributed by atoms with Crippen LogP contribution >= 0.6 is 11.6 Å². The normalized spacial score (nSPS) is 10.8. The highest BCUT2D eigenvalue weighted by atomic mass is 35.5. The number of aromatic nitrogens is 3. The number of benzene rings is 1. The van der Waals surface area contributed by atoms with Crippen molar-refractivity contribution in [1.29, 1.82) is 0 Å². The summed E-state index contributed by atoms with van der Waals surface area (Å²) in [5, 5.41) is 16.8. The molecule has 2 rings (SSSR count). The van der Waals surface area contributed by atoms with Gasteiger partial charge in [-0.15, -0.1) is 5.10 Å². The minimum atomic E-state index is -0.364. The highest BCUT2D eigenvalue weighted by molar-refractivity contribution is 6.31. The molecule has 0 aliphatic carbocycles. The van der Waals surface area contributed by atoms with E-state index in [1.165, 1.54) is 10.7 Å². The predicted octanol–water partition coefficient (Wildman–Crippen LogP) is 1.65. The molecular formula is C11H11ClFN3O. The number of halogens is 2. The van der Waals surface area contributed by atoms with Gasteiger partial charge in [0, 0.05) is 29.8 Å². The van der Waals surface area contributed by atoms with Crippen LogP contribution in [-0.2, 0) is 13.0 Å². The van der Waals surface area contributed by atoms with Crippen molar-refractivity contribution in [2.75, 3.05) is 6.61 Å². The van der Waals surface area contributed by atoms with Gasteiger partial charge in [0.05, 0.1) is 12.2 Å². The standard InChI is InChI=1S/C11H11ClFN3O/c12-10-2-1-3-11(13)9(10)7-16-6-8(4-5-17)14-15-16/h1-3,6,17H,4-5,7H2. The van der Waals surface area contributed by atoms with E-state index in [1.54, 1.807) is 18.3 Å². The Hall–Kier alpha value is -1.46. The van der Waals surface area contributed by atoms with Gasteiger partial charge in [0.15, 0.2) is 0 Å². The van der Waals surface area contributed by atoms with Gasteiger partial charge in [0.25, 0.3) is 0 Å². The summed E-state index contributed by atoms with van der Waals surface area (Å²) in [7, 11) is 0. The van der Waals surface area contributed by atoms with Crippen molar-refractivity contribution in [3.05, 3.63) is 46.5 Å². The lowest BCUT2D eigenvalue weighted by Crippen LogP contribution is -2.03. The first-order valence-electron chi connectivity index (χ1n) is 5.13. The minimum Gasteiger partial charge on any atom is -0.396 e. The zero-order valence-electron chi connectivity index (χ0n) is 8.98. The molecule has 1 N–H and O–H groups in total. The quantitative estimate of drug-likeness (QED) is 0.904. The molecule has 0 radical (unpaired) electrons. The lowest BCUT2D eigenvalue weighted by molar-refractivity contribution is 0.298. The zero-order valence-corrected chi connectivity index (χ0v) is 9.73. The maximum Gasteiger partial charge on any atom is 0.129 e. The van der Waals surface area contributed by atoms with Crippen molar-refractivity contribution in [2.45, 2.75) is 13.0 Å². The molecule has 1 aromatic heterocycles. The van der Waals surface area contributed by atoms with Gasteiger partial charge in [-0.25, -0.2) is 9.07 Å². The second-order valence-electron chi connectivity index (χ2n) is 3.58. The summed E-state index contributed by atoms with van der Waals surface area (Å²) in [4.78, 5) is 0. The van der Waals surface area contributed by atoms with Crippen LogP contribution in [0.5, 0.6) is 0 Å². The van der Waals surface area contributed by atoms with Crippen molar-refractivity contribution >= 4 is 11.6 Å².